The molecule has 0 spiro atoms. The standard InChI is InChI=1S/C28H26N4O4S/c1-34-20-13-14-24(35-2)23(17-20)32-26(25(30-28(32)37)21-7-4-5-15-29-21)22-8-6-16-31(22)19-11-9-18(10-12-19)27(33)36-3/h4-17,25-26H,1-3H3,(H,30,37)/t25-,26-/m0/s1. The molecular weight excluding hydrogens is 488 g/mol. The topological polar surface area (TPSA) is 77.9 Å². The quantitative estimate of drug-likeness (QED) is 0.277. The van der Waals surface area contributed by atoms with Crippen LogP contribution in [-0.2, 0) is 4.74 Å². The maximum Gasteiger partial charge on any atom is 0.337 e. The number of rotatable bonds is 7. The average Bonchev–Trinajstić information content (AvgIpc) is 3.57. The van der Waals surface area contributed by atoms with Crippen LogP contribution >= 0.6 is 12.2 Å². The highest BCUT2D eigenvalue weighted by atomic mass is 32.1. The van der Waals surface area contributed by atoms with E-state index in [0.717, 1.165) is 22.8 Å². The minimum atomic E-state index is -0.379. The zero-order chi connectivity index (χ0) is 25.9. The van der Waals surface area contributed by atoms with Crippen molar-refractivity contribution < 1.29 is 19.0 Å². The normalized spacial score (nSPS) is 16.8. The van der Waals surface area contributed by atoms with Gasteiger partial charge in [0.1, 0.15) is 17.5 Å². The van der Waals surface area contributed by atoms with E-state index in [1.54, 1.807) is 32.5 Å². The molecule has 5 rings (SSSR count). The Labute approximate surface area is 220 Å². The lowest BCUT2D eigenvalue weighted by atomic mass is 10.0. The van der Waals surface area contributed by atoms with Crippen molar-refractivity contribution >= 4 is 29.0 Å². The number of methoxy groups -OCH3 is 3. The van der Waals surface area contributed by atoms with Gasteiger partial charge in [0.05, 0.1) is 44.3 Å². The molecule has 3 heterocycles. The van der Waals surface area contributed by atoms with Crippen molar-refractivity contribution in [3.8, 4) is 17.2 Å². The summed E-state index contributed by atoms with van der Waals surface area (Å²) in [5, 5.41) is 4.02. The number of hydrogen-bond donors (Lipinski definition) is 1. The monoisotopic (exact) mass is 514 g/mol. The lowest BCUT2D eigenvalue weighted by Gasteiger charge is -2.30. The number of pyridine rings is 1. The number of esters is 1. The number of nitrogens with zero attached hydrogens (tertiary/aromatic N) is 3. The molecule has 1 saturated heterocycles. The average molecular weight is 515 g/mol. The SMILES string of the molecule is COC(=O)c1ccc(-n2cccc2[C@H]2[C@H](c3ccccn3)NC(=S)N2c2cc(OC)ccc2OC)cc1. The van der Waals surface area contributed by atoms with Crippen LogP contribution in [0.3, 0.4) is 0 Å². The van der Waals surface area contributed by atoms with Crippen molar-refractivity contribution in [2.24, 2.45) is 0 Å². The Morgan fingerprint density at radius 3 is 2.46 bits per heavy atom. The van der Waals surface area contributed by atoms with E-state index >= 15 is 0 Å². The summed E-state index contributed by atoms with van der Waals surface area (Å²) in [4.78, 5) is 18.6. The first-order valence-corrected chi connectivity index (χ1v) is 12.0. The van der Waals surface area contributed by atoms with Crippen LogP contribution in [0, 0.1) is 0 Å². The Morgan fingerprint density at radius 1 is 0.973 bits per heavy atom. The number of ether oxygens (including phenoxy) is 3. The van der Waals surface area contributed by atoms with E-state index < -0.39 is 0 Å². The zero-order valence-electron chi connectivity index (χ0n) is 20.6. The molecule has 188 valence electrons. The molecule has 0 bridgehead atoms. The molecule has 0 saturated carbocycles. The third-order valence-corrected chi connectivity index (χ3v) is 6.71. The molecule has 0 aliphatic carbocycles. The molecule has 37 heavy (non-hydrogen) atoms. The summed E-state index contributed by atoms with van der Waals surface area (Å²) in [5.74, 6) is 0.973. The van der Waals surface area contributed by atoms with Crippen molar-refractivity contribution in [2.75, 3.05) is 26.2 Å². The molecule has 0 amide bonds. The minimum absolute atomic E-state index is 0.243. The van der Waals surface area contributed by atoms with Gasteiger partial charge in [-0.2, -0.15) is 0 Å². The van der Waals surface area contributed by atoms with Crippen LogP contribution in [0.1, 0.15) is 33.8 Å². The Morgan fingerprint density at radius 2 is 1.78 bits per heavy atom. The van der Waals surface area contributed by atoms with Gasteiger partial charge in [0.25, 0.3) is 0 Å². The van der Waals surface area contributed by atoms with Crippen molar-refractivity contribution in [2.45, 2.75) is 12.1 Å². The third-order valence-electron chi connectivity index (χ3n) is 6.39. The Kier molecular flexibility index (Phi) is 6.78. The van der Waals surface area contributed by atoms with Crippen molar-refractivity contribution in [1.29, 1.82) is 0 Å². The molecule has 2 atom stereocenters. The lowest BCUT2D eigenvalue weighted by molar-refractivity contribution is 0.0600. The second kappa shape index (κ2) is 10.3. The second-order valence-electron chi connectivity index (χ2n) is 8.38. The maximum atomic E-state index is 11.9. The van der Waals surface area contributed by atoms with Gasteiger partial charge in [-0.05, 0) is 72.9 Å². The first-order chi connectivity index (χ1) is 18.0. The predicted octanol–water partition coefficient (Wildman–Crippen LogP) is 4.85. The van der Waals surface area contributed by atoms with Gasteiger partial charge < -0.3 is 29.0 Å². The molecule has 0 radical (unpaired) electrons. The van der Waals surface area contributed by atoms with Gasteiger partial charge in [0.15, 0.2) is 5.11 Å². The van der Waals surface area contributed by atoms with E-state index in [2.05, 4.69) is 20.9 Å². The molecule has 1 aliphatic rings. The summed E-state index contributed by atoms with van der Waals surface area (Å²) in [6, 6.07) is 22.3. The fraction of sp³-hybridized carbons (Fsp3) is 0.179. The third kappa shape index (κ3) is 4.49. The summed E-state index contributed by atoms with van der Waals surface area (Å²) in [6.07, 6.45) is 3.76. The van der Waals surface area contributed by atoms with Crippen LogP contribution in [0.5, 0.6) is 11.5 Å². The number of hydrogen-bond acceptors (Lipinski definition) is 6. The molecule has 1 fully saturated rings. The number of carbonyl (C=O) groups is 1. The highest BCUT2D eigenvalue weighted by Gasteiger charge is 2.43. The number of anilines is 1. The van der Waals surface area contributed by atoms with Gasteiger partial charge in [-0.1, -0.05) is 6.07 Å². The number of nitrogens with one attached hydrogen (secondary N) is 1. The van der Waals surface area contributed by atoms with Crippen LogP contribution in [0.25, 0.3) is 5.69 Å². The maximum absolute atomic E-state index is 11.9. The highest BCUT2D eigenvalue weighted by molar-refractivity contribution is 7.80. The number of aromatic nitrogens is 2. The Hall–Kier alpha value is -4.37. The first-order valence-electron chi connectivity index (χ1n) is 11.6. The molecule has 8 nitrogen and oxygen atoms in total. The van der Waals surface area contributed by atoms with Crippen LogP contribution in [-0.4, -0.2) is 42.0 Å². The number of benzene rings is 2. The molecular formula is C28H26N4O4S. The Balaban J connectivity index is 1.66. The summed E-state index contributed by atoms with van der Waals surface area (Å²) < 4.78 is 18.2. The minimum Gasteiger partial charge on any atom is -0.497 e. The molecule has 2 aromatic heterocycles. The molecule has 9 heteroatoms. The molecule has 4 aromatic rings. The molecule has 0 unspecified atom stereocenters. The predicted molar refractivity (Wildman–Crippen MR) is 145 cm³/mol. The van der Waals surface area contributed by atoms with Crippen LogP contribution in [0.4, 0.5) is 5.69 Å². The molecule has 1 aliphatic heterocycles. The van der Waals surface area contributed by atoms with E-state index in [9.17, 15) is 4.79 Å². The lowest BCUT2D eigenvalue weighted by Crippen LogP contribution is -2.30. The first kappa shape index (κ1) is 24.3. The highest BCUT2D eigenvalue weighted by Crippen LogP contribution is 2.46. The second-order valence-corrected chi connectivity index (χ2v) is 8.76. The van der Waals surface area contributed by atoms with Crippen molar-refractivity contribution in [3.63, 3.8) is 0 Å². The number of thiocarbonyl (C=S) groups is 1. The Bertz CT molecular complexity index is 1420. The molecule has 1 N–H and O–H groups in total. The van der Waals surface area contributed by atoms with Crippen molar-refractivity contribution in [1.82, 2.24) is 14.9 Å². The summed E-state index contributed by atoms with van der Waals surface area (Å²) in [7, 11) is 4.63. The molecule has 2 aromatic carbocycles. The smallest absolute Gasteiger partial charge is 0.337 e. The van der Waals surface area contributed by atoms with E-state index in [4.69, 9.17) is 26.4 Å². The summed E-state index contributed by atoms with van der Waals surface area (Å²) in [5.41, 5.74) is 3.98. The van der Waals surface area contributed by atoms with Gasteiger partial charge in [-0.3, -0.25) is 4.98 Å². The van der Waals surface area contributed by atoms with Gasteiger partial charge in [0, 0.05) is 29.8 Å². The van der Waals surface area contributed by atoms with Gasteiger partial charge >= 0.3 is 5.97 Å². The fourth-order valence-electron chi connectivity index (χ4n) is 4.65. The van der Waals surface area contributed by atoms with E-state index in [1.807, 2.05) is 65.7 Å². The number of carbonyl (C=O) groups excluding carboxylic acids is 1. The largest absolute Gasteiger partial charge is 0.497 e. The summed E-state index contributed by atoms with van der Waals surface area (Å²) in [6.45, 7) is 0. The van der Waals surface area contributed by atoms with E-state index in [1.165, 1.54) is 7.11 Å². The van der Waals surface area contributed by atoms with Gasteiger partial charge in [-0.25, -0.2) is 4.79 Å². The van der Waals surface area contributed by atoms with Crippen molar-refractivity contribution in [3.05, 3.63) is 102 Å². The van der Waals surface area contributed by atoms with Crippen LogP contribution < -0.4 is 19.7 Å². The van der Waals surface area contributed by atoms with Crippen LogP contribution in [0.15, 0.2) is 85.2 Å². The van der Waals surface area contributed by atoms with Gasteiger partial charge in [0.2, 0.25) is 0 Å². The summed E-state index contributed by atoms with van der Waals surface area (Å²) >= 11 is 5.89. The van der Waals surface area contributed by atoms with E-state index in [-0.39, 0.29) is 18.1 Å². The van der Waals surface area contributed by atoms with Crippen LogP contribution in [0.2, 0.25) is 0 Å². The fourth-order valence-corrected chi connectivity index (χ4v) is 4.98. The van der Waals surface area contributed by atoms with E-state index in [0.29, 0.717) is 22.2 Å². The van der Waals surface area contributed by atoms with Gasteiger partial charge in [-0.15, -0.1) is 0 Å². The zero-order valence-corrected chi connectivity index (χ0v) is 21.4.